The van der Waals surface area contributed by atoms with Crippen molar-refractivity contribution in [3.8, 4) is 5.75 Å². The molecule has 20 heavy (non-hydrogen) atoms. The minimum absolute atomic E-state index is 0.264. The van der Waals surface area contributed by atoms with Gasteiger partial charge in [0.1, 0.15) is 5.75 Å². The van der Waals surface area contributed by atoms with Crippen LogP contribution in [0.15, 0.2) is 42.5 Å². The van der Waals surface area contributed by atoms with Crippen LogP contribution in [0.1, 0.15) is 18.1 Å². The number of aromatic hydroxyl groups is 1. The van der Waals surface area contributed by atoms with E-state index in [4.69, 9.17) is 23.2 Å². The lowest BCUT2D eigenvalue weighted by atomic mass is 10.1. The van der Waals surface area contributed by atoms with Crippen LogP contribution in [-0.2, 0) is 13.0 Å². The molecular weight excluding hydrogens is 293 g/mol. The topological polar surface area (TPSA) is 32.3 Å². The maximum Gasteiger partial charge on any atom is 0.120 e. The third-order valence-corrected chi connectivity index (χ3v) is 3.62. The third-order valence-electron chi connectivity index (χ3n) is 3.14. The number of phenolic OH excluding ortho intramolecular Hbond substituents is 1. The molecular formula is C16H17Cl2NO. The van der Waals surface area contributed by atoms with Crippen LogP contribution >= 0.6 is 23.2 Å². The van der Waals surface area contributed by atoms with E-state index in [1.54, 1.807) is 18.2 Å². The van der Waals surface area contributed by atoms with Crippen LogP contribution in [0.3, 0.4) is 0 Å². The van der Waals surface area contributed by atoms with Crippen molar-refractivity contribution in [3.05, 3.63) is 63.6 Å². The van der Waals surface area contributed by atoms with E-state index >= 15 is 0 Å². The standard InChI is InChI=1S/C16H17Cl2NO/c1-11(8-12-2-4-14(17)5-3-12)19-10-13-9-15(18)6-7-16(13)20/h2-7,9,11,19-20H,8,10H2,1H3. The molecule has 2 nitrogen and oxygen atoms in total. The van der Waals surface area contributed by atoms with Gasteiger partial charge in [0.15, 0.2) is 0 Å². The van der Waals surface area contributed by atoms with E-state index in [2.05, 4.69) is 12.2 Å². The van der Waals surface area contributed by atoms with E-state index in [0.717, 1.165) is 17.0 Å². The molecule has 1 atom stereocenters. The Labute approximate surface area is 129 Å². The highest BCUT2D eigenvalue weighted by Gasteiger charge is 2.06. The molecule has 0 radical (unpaired) electrons. The van der Waals surface area contributed by atoms with Gasteiger partial charge >= 0.3 is 0 Å². The molecule has 2 N–H and O–H groups in total. The molecule has 0 heterocycles. The first-order chi connectivity index (χ1) is 9.54. The molecule has 0 amide bonds. The van der Waals surface area contributed by atoms with Gasteiger partial charge < -0.3 is 10.4 Å². The van der Waals surface area contributed by atoms with Crippen molar-refractivity contribution >= 4 is 23.2 Å². The Bertz CT molecular complexity index is 569. The summed E-state index contributed by atoms with van der Waals surface area (Å²) in [6.07, 6.45) is 0.901. The smallest absolute Gasteiger partial charge is 0.120 e. The maximum absolute atomic E-state index is 9.75. The molecule has 0 fully saturated rings. The lowest BCUT2D eigenvalue weighted by Crippen LogP contribution is -2.27. The Morgan fingerprint density at radius 2 is 1.70 bits per heavy atom. The number of hydrogen-bond acceptors (Lipinski definition) is 2. The molecule has 0 bridgehead atoms. The lowest BCUT2D eigenvalue weighted by molar-refractivity contribution is 0.458. The Balaban J connectivity index is 1.90. The first-order valence-corrected chi connectivity index (χ1v) is 7.25. The Morgan fingerprint density at radius 1 is 1.05 bits per heavy atom. The van der Waals surface area contributed by atoms with E-state index in [9.17, 15) is 5.11 Å². The molecule has 0 saturated carbocycles. The number of benzene rings is 2. The predicted octanol–water partition coefficient (Wildman–Crippen LogP) is 4.42. The largest absolute Gasteiger partial charge is 0.508 e. The summed E-state index contributed by atoms with van der Waals surface area (Å²) in [5.74, 6) is 0.264. The fraction of sp³-hybridized carbons (Fsp3) is 0.250. The van der Waals surface area contributed by atoms with Gasteiger partial charge in [0.2, 0.25) is 0 Å². The quantitative estimate of drug-likeness (QED) is 0.857. The SMILES string of the molecule is CC(Cc1ccc(Cl)cc1)NCc1cc(Cl)ccc1O. The van der Waals surface area contributed by atoms with Crippen molar-refractivity contribution in [2.24, 2.45) is 0 Å². The summed E-state index contributed by atoms with van der Waals surface area (Å²) in [7, 11) is 0. The van der Waals surface area contributed by atoms with Gasteiger partial charge in [-0.15, -0.1) is 0 Å². The Morgan fingerprint density at radius 3 is 2.40 bits per heavy atom. The monoisotopic (exact) mass is 309 g/mol. The van der Waals surface area contributed by atoms with Crippen LogP contribution < -0.4 is 5.32 Å². The first-order valence-electron chi connectivity index (χ1n) is 6.50. The maximum atomic E-state index is 9.75. The van der Waals surface area contributed by atoms with Crippen LogP contribution in [0.5, 0.6) is 5.75 Å². The second-order valence-corrected chi connectivity index (χ2v) is 5.76. The molecule has 2 rings (SSSR count). The summed E-state index contributed by atoms with van der Waals surface area (Å²) in [5, 5.41) is 14.5. The van der Waals surface area contributed by atoms with Crippen LogP contribution in [-0.4, -0.2) is 11.1 Å². The van der Waals surface area contributed by atoms with Crippen molar-refractivity contribution in [1.82, 2.24) is 5.32 Å². The van der Waals surface area contributed by atoms with Crippen LogP contribution in [0.25, 0.3) is 0 Å². The van der Waals surface area contributed by atoms with Crippen LogP contribution in [0, 0.1) is 0 Å². The van der Waals surface area contributed by atoms with Gasteiger partial charge in [-0.1, -0.05) is 35.3 Å². The Kier molecular flexibility index (Phi) is 5.30. The minimum atomic E-state index is 0.264. The molecule has 0 aliphatic rings. The normalized spacial score (nSPS) is 12.3. The van der Waals surface area contributed by atoms with Crippen molar-refractivity contribution in [2.45, 2.75) is 25.9 Å². The first kappa shape index (κ1) is 15.2. The van der Waals surface area contributed by atoms with Gasteiger partial charge in [0.05, 0.1) is 0 Å². The molecule has 0 aromatic heterocycles. The molecule has 4 heteroatoms. The molecule has 0 aliphatic carbocycles. The van der Waals surface area contributed by atoms with Gasteiger partial charge in [-0.3, -0.25) is 0 Å². The number of hydrogen-bond donors (Lipinski definition) is 2. The fourth-order valence-corrected chi connectivity index (χ4v) is 2.35. The minimum Gasteiger partial charge on any atom is -0.508 e. The predicted molar refractivity (Wildman–Crippen MR) is 84.6 cm³/mol. The number of nitrogens with one attached hydrogen (secondary N) is 1. The summed E-state index contributed by atoms with van der Waals surface area (Å²) in [6, 6.07) is 13.2. The number of phenols is 1. The van der Waals surface area contributed by atoms with Gasteiger partial charge in [0.25, 0.3) is 0 Å². The van der Waals surface area contributed by atoms with Crippen molar-refractivity contribution in [1.29, 1.82) is 0 Å². The van der Waals surface area contributed by atoms with Crippen molar-refractivity contribution in [2.75, 3.05) is 0 Å². The van der Waals surface area contributed by atoms with Crippen LogP contribution in [0.4, 0.5) is 0 Å². The zero-order valence-electron chi connectivity index (χ0n) is 11.2. The average Bonchev–Trinajstić information content (AvgIpc) is 2.42. The zero-order chi connectivity index (χ0) is 14.5. The Hall–Kier alpha value is -1.22. The number of halogens is 2. The van der Waals surface area contributed by atoms with Gasteiger partial charge in [0, 0.05) is 28.2 Å². The molecule has 2 aromatic rings. The average molecular weight is 310 g/mol. The van der Waals surface area contributed by atoms with Gasteiger partial charge in [-0.05, 0) is 49.2 Å². The highest BCUT2D eigenvalue weighted by atomic mass is 35.5. The van der Waals surface area contributed by atoms with Crippen molar-refractivity contribution < 1.29 is 5.11 Å². The van der Waals surface area contributed by atoms with E-state index in [1.807, 2.05) is 24.3 Å². The van der Waals surface area contributed by atoms with E-state index < -0.39 is 0 Å². The van der Waals surface area contributed by atoms with E-state index in [0.29, 0.717) is 11.6 Å². The molecule has 2 aromatic carbocycles. The molecule has 106 valence electrons. The fourth-order valence-electron chi connectivity index (χ4n) is 2.03. The summed E-state index contributed by atoms with van der Waals surface area (Å²) in [5.41, 5.74) is 2.03. The molecule has 0 spiro atoms. The van der Waals surface area contributed by atoms with E-state index in [1.165, 1.54) is 5.56 Å². The zero-order valence-corrected chi connectivity index (χ0v) is 12.7. The second-order valence-electron chi connectivity index (χ2n) is 4.89. The van der Waals surface area contributed by atoms with Gasteiger partial charge in [-0.2, -0.15) is 0 Å². The van der Waals surface area contributed by atoms with Crippen LogP contribution in [0.2, 0.25) is 10.0 Å². The second kappa shape index (κ2) is 6.98. The van der Waals surface area contributed by atoms with Gasteiger partial charge in [-0.25, -0.2) is 0 Å². The highest BCUT2D eigenvalue weighted by molar-refractivity contribution is 6.30. The lowest BCUT2D eigenvalue weighted by Gasteiger charge is -2.15. The summed E-state index contributed by atoms with van der Waals surface area (Å²) >= 11 is 11.8. The molecule has 1 unspecified atom stereocenters. The summed E-state index contributed by atoms with van der Waals surface area (Å²) < 4.78 is 0. The summed E-state index contributed by atoms with van der Waals surface area (Å²) in [4.78, 5) is 0. The molecule has 0 saturated heterocycles. The molecule has 0 aliphatic heterocycles. The van der Waals surface area contributed by atoms with Crippen molar-refractivity contribution in [3.63, 3.8) is 0 Å². The highest BCUT2D eigenvalue weighted by Crippen LogP contribution is 2.21. The third kappa shape index (κ3) is 4.41. The number of rotatable bonds is 5. The summed E-state index contributed by atoms with van der Waals surface area (Å²) in [6.45, 7) is 2.69. The van der Waals surface area contributed by atoms with E-state index in [-0.39, 0.29) is 11.8 Å².